The first-order valence-corrected chi connectivity index (χ1v) is 8.19. The number of hydrogen-bond acceptors (Lipinski definition) is 4. The predicted octanol–water partition coefficient (Wildman–Crippen LogP) is 3.13. The van der Waals surface area contributed by atoms with Crippen molar-refractivity contribution in [3.8, 4) is 5.75 Å². The lowest BCUT2D eigenvalue weighted by molar-refractivity contribution is -0.122. The number of rotatable bonds is 6. The van der Waals surface area contributed by atoms with Crippen LogP contribution in [0.5, 0.6) is 5.75 Å². The lowest BCUT2D eigenvalue weighted by atomic mass is 10.2. The van der Waals surface area contributed by atoms with Gasteiger partial charge in [0.1, 0.15) is 5.75 Å². The maximum Gasteiger partial charge on any atom is 0.265 e. The van der Waals surface area contributed by atoms with Crippen molar-refractivity contribution in [3.05, 3.63) is 45.6 Å². The molecule has 0 unspecified atom stereocenters. The van der Waals surface area contributed by atoms with Gasteiger partial charge in [-0.1, -0.05) is 6.07 Å². The third-order valence-corrected chi connectivity index (χ3v) is 4.38. The van der Waals surface area contributed by atoms with Crippen molar-refractivity contribution in [1.29, 1.82) is 0 Å². The molecule has 0 saturated heterocycles. The molecule has 23 heavy (non-hydrogen) atoms. The molecule has 0 aliphatic heterocycles. The molecule has 0 saturated carbocycles. The van der Waals surface area contributed by atoms with Gasteiger partial charge in [0.2, 0.25) is 0 Å². The monoisotopic (exact) mass is 332 g/mol. The van der Waals surface area contributed by atoms with Gasteiger partial charge in [-0.25, -0.2) is 0 Å². The first-order chi connectivity index (χ1) is 11.0. The van der Waals surface area contributed by atoms with Crippen molar-refractivity contribution in [2.24, 2.45) is 0 Å². The van der Waals surface area contributed by atoms with Crippen LogP contribution in [0.1, 0.15) is 27.0 Å². The molecule has 2 amide bonds. The van der Waals surface area contributed by atoms with E-state index in [0.29, 0.717) is 22.9 Å². The number of amides is 2. The van der Waals surface area contributed by atoms with Crippen molar-refractivity contribution in [3.63, 3.8) is 0 Å². The van der Waals surface area contributed by atoms with E-state index in [9.17, 15) is 9.59 Å². The number of ether oxygens (including phenoxy) is 1. The summed E-state index contributed by atoms with van der Waals surface area (Å²) in [4.78, 5) is 25.4. The van der Waals surface area contributed by atoms with E-state index in [1.54, 1.807) is 24.3 Å². The van der Waals surface area contributed by atoms with Gasteiger partial charge in [0.15, 0.2) is 6.61 Å². The van der Waals surface area contributed by atoms with E-state index in [1.807, 2.05) is 26.8 Å². The number of thiophene rings is 1. The fourth-order valence-corrected chi connectivity index (χ4v) is 2.87. The molecule has 5 nitrogen and oxygen atoms in total. The predicted molar refractivity (Wildman–Crippen MR) is 92.4 cm³/mol. The van der Waals surface area contributed by atoms with Crippen LogP contribution in [0.15, 0.2) is 30.3 Å². The minimum absolute atomic E-state index is 0.0471. The first kappa shape index (κ1) is 17.0. The lowest BCUT2D eigenvalue weighted by Crippen LogP contribution is -2.28. The molecule has 0 fully saturated rings. The maximum atomic E-state index is 12.2. The summed E-state index contributed by atoms with van der Waals surface area (Å²) in [6.45, 7) is 6.35. The average molecular weight is 332 g/mol. The van der Waals surface area contributed by atoms with Crippen LogP contribution < -0.4 is 15.4 Å². The van der Waals surface area contributed by atoms with Gasteiger partial charge in [-0.3, -0.25) is 9.59 Å². The van der Waals surface area contributed by atoms with Crippen molar-refractivity contribution >= 4 is 28.8 Å². The number of likely N-dealkylation sites (N-methyl/N-ethyl adjacent to an activating group) is 1. The summed E-state index contributed by atoms with van der Waals surface area (Å²) in [5.41, 5.74) is 1.74. The Hall–Kier alpha value is -2.34. The van der Waals surface area contributed by atoms with E-state index >= 15 is 0 Å². The van der Waals surface area contributed by atoms with Crippen LogP contribution in [-0.4, -0.2) is 25.0 Å². The fourth-order valence-electron chi connectivity index (χ4n) is 1.94. The highest BCUT2D eigenvalue weighted by Gasteiger charge is 2.11. The van der Waals surface area contributed by atoms with Crippen LogP contribution >= 0.6 is 11.3 Å². The summed E-state index contributed by atoms with van der Waals surface area (Å²) >= 11 is 1.47. The van der Waals surface area contributed by atoms with E-state index in [4.69, 9.17) is 4.74 Å². The number of carbonyl (C=O) groups excluding carboxylic acids is 2. The number of aryl methyl sites for hydroxylation is 2. The molecule has 0 radical (unpaired) electrons. The van der Waals surface area contributed by atoms with Crippen LogP contribution in [-0.2, 0) is 4.79 Å². The minimum atomic E-state index is -0.175. The van der Waals surface area contributed by atoms with Crippen LogP contribution in [0.4, 0.5) is 5.69 Å². The highest BCUT2D eigenvalue weighted by Crippen LogP contribution is 2.23. The van der Waals surface area contributed by atoms with E-state index in [-0.39, 0.29) is 18.4 Å². The van der Waals surface area contributed by atoms with E-state index in [1.165, 1.54) is 11.3 Å². The Balaban J connectivity index is 1.99. The molecule has 1 aromatic heterocycles. The molecule has 122 valence electrons. The molecule has 6 heteroatoms. The van der Waals surface area contributed by atoms with Gasteiger partial charge in [0.25, 0.3) is 11.8 Å². The highest BCUT2D eigenvalue weighted by atomic mass is 32.1. The molecule has 0 bridgehead atoms. The Morgan fingerprint density at radius 2 is 2.00 bits per heavy atom. The number of carbonyl (C=O) groups is 2. The molecule has 0 aliphatic carbocycles. The molecule has 1 heterocycles. The zero-order valence-corrected chi connectivity index (χ0v) is 14.3. The molecule has 2 aromatic rings. The Labute approximate surface area is 139 Å². The molecule has 0 atom stereocenters. The molecule has 0 spiro atoms. The number of hydrogen-bond donors (Lipinski definition) is 2. The Kier molecular flexibility index (Phi) is 5.76. The summed E-state index contributed by atoms with van der Waals surface area (Å²) in [6, 6.07) is 8.88. The molecule has 1 aromatic carbocycles. The minimum Gasteiger partial charge on any atom is -0.484 e. The van der Waals surface area contributed by atoms with E-state index in [2.05, 4.69) is 10.6 Å². The SMILES string of the molecule is CCNC(=O)COc1cccc(NC(=O)c2cc(C)c(C)s2)c1. The second kappa shape index (κ2) is 7.78. The normalized spacial score (nSPS) is 10.2. The quantitative estimate of drug-likeness (QED) is 0.854. The second-order valence-corrected chi connectivity index (χ2v) is 6.33. The second-order valence-electron chi connectivity index (χ2n) is 5.07. The standard InChI is InChI=1S/C17H20N2O3S/c1-4-18-16(20)10-22-14-7-5-6-13(9-14)19-17(21)15-8-11(2)12(3)23-15/h5-9H,4,10H2,1-3H3,(H,18,20)(H,19,21). The number of benzene rings is 1. The Morgan fingerprint density at radius 1 is 1.22 bits per heavy atom. The van der Waals surface area contributed by atoms with E-state index in [0.717, 1.165) is 10.4 Å². The third-order valence-electron chi connectivity index (χ3n) is 3.23. The van der Waals surface area contributed by atoms with Crippen molar-refractivity contribution in [2.75, 3.05) is 18.5 Å². The average Bonchev–Trinajstić information content (AvgIpc) is 2.86. The number of nitrogens with one attached hydrogen (secondary N) is 2. The molecule has 2 N–H and O–H groups in total. The molecule has 0 aliphatic rings. The molecule has 2 rings (SSSR count). The zero-order chi connectivity index (χ0) is 16.8. The van der Waals surface area contributed by atoms with Gasteiger partial charge in [-0.15, -0.1) is 11.3 Å². The summed E-state index contributed by atoms with van der Waals surface area (Å²) in [7, 11) is 0. The van der Waals surface area contributed by atoms with Crippen LogP contribution in [0.25, 0.3) is 0 Å². The van der Waals surface area contributed by atoms with Crippen molar-refractivity contribution in [1.82, 2.24) is 5.32 Å². The first-order valence-electron chi connectivity index (χ1n) is 7.37. The van der Waals surface area contributed by atoms with Crippen LogP contribution in [0.3, 0.4) is 0 Å². The molecular weight excluding hydrogens is 312 g/mol. The largest absolute Gasteiger partial charge is 0.484 e. The van der Waals surface area contributed by atoms with Crippen molar-refractivity contribution in [2.45, 2.75) is 20.8 Å². The topological polar surface area (TPSA) is 67.4 Å². The van der Waals surface area contributed by atoms with E-state index < -0.39 is 0 Å². The number of anilines is 1. The van der Waals surface area contributed by atoms with Gasteiger partial charge < -0.3 is 15.4 Å². The van der Waals surface area contributed by atoms with Crippen molar-refractivity contribution < 1.29 is 14.3 Å². The van der Waals surface area contributed by atoms with Gasteiger partial charge in [-0.2, -0.15) is 0 Å². The van der Waals surface area contributed by atoms with Gasteiger partial charge in [-0.05, 0) is 44.5 Å². The van der Waals surface area contributed by atoms with Gasteiger partial charge >= 0.3 is 0 Å². The Bertz CT molecular complexity index is 690. The summed E-state index contributed by atoms with van der Waals surface area (Å²) in [6.07, 6.45) is 0. The van der Waals surface area contributed by atoms with Crippen LogP contribution in [0, 0.1) is 13.8 Å². The van der Waals surface area contributed by atoms with Crippen LogP contribution in [0.2, 0.25) is 0 Å². The zero-order valence-electron chi connectivity index (χ0n) is 13.4. The fraction of sp³-hybridized carbons (Fsp3) is 0.294. The summed E-state index contributed by atoms with van der Waals surface area (Å²) < 4.78 is 5.41. The highest BCUT2D eigenvalue weighted by molar-refractivity contribution is 7.14. The van der Waals surface area contributed by atoms with Gasteiger partial charge in [0, 0.05) is 23.2 Å². The van der Waals surface area contributed by atoms with Gasteiger partial charge in [0.05, 0.1) is 4.88 Å². The molecular formula is C17H20N2O3S. The smallest absolute Gasteiger partial charge is 0.265 e. The summed E-state index contributed by atoms with van der Waals surface area (Å²) in [5.74, 6) is 0.214. The summed E-state index contributed by atoms with van der Waals surface area (Å²) in [5, 5.41) is 5.50. The Morgan fingerprint density at radius 3 is 2.65 bits per heavy atom. The maximum absolute atomic E-state index is 12.2. The third kappa shape index (κ3) is 4.82. The lowest BCUT2D eigenvalue weighted by Gasteiger charge is -2.08.